The normalized spacial score (nSPS) is 12.0. The third kappa shape index (κ3) is 3.36. The zero-order valence-electron chi connectivity index (χ0n) is 14.2. The number of hydrogen-bond acceptors (Lipinski definition) is 8. The molecule has 28 heavy (non-hydrogen) atoms. The van der Waals surface area contributed by atoms with Crippen molar-refractivity contribution in [3.8, 4) is 11.5 Å². The third-order valence-electron chi connectivity index (χ3n) is 3.83. The fourth-order valence-electron chi connectivity index (χ4n) is 2.59. The van der Waals surface area contributed by atoms with E-state index in [-0.39, 0.29) is 33.1 Å². The number of phenolic OH excluding ortho intramolecular Hbond substituents is 2. The summed E-state index contributed by atoms with van der Waals surface area (Å²) in [6.45, 7) is 1.45. The molecule has 1 heterocycles. The van der Waals surface area contributed by atoms with Crippen LogP contribution in [0.25, 0.3) is 11.0 Å². The Bertz CT molecular complexity index is 1240. The van der Waals surface area contributed by atoms with E-state index in [2.05, 4.69) is 10.2 Å². The van der Waals surface area contributed by atoms with Crippen LogP contribution in [0.2, 0.25) is 0 Å². The van der Waals surface area contributed by atoms with Crippen molar-refractivity contribution in [2.45, 2.75) is 6.92 Å². The topological polar surface area (TPSA) is 170 Å². The predicted octanol–water partition coefficient (Wildman–Crippen LogP) is 1.30. The molecule has 1 aromatic heterocycles. The van der Waals surface area contributed by atoms with Gasteiger partial charge in [-0.15, -0.1) is 0 Å². The summed E-state index contributed by atoms with van der Waals surface area (Å²) in [6, 6.07) is 6.44. The van der Waals surface area contributed by atoms with Crippen molar-refractivity contribution in [1.82, 2.24) is 0 Å². The van der Waals surface area contributed by atoms with Gasteiger partial charge in [0.15, 0.2) is 0 Å². The number of fused-ring (bicyclic) bond motifs is 1. The number of hydrogen-bond donors (Lipinski definition) is 4. The van der Waals surface area contributed by atoms with Crippen LogP contribution in [-0.4, -0.2) is 38.9 Å². The summed E-state index contributed by atoms with van der Waals surface area (Å²) in [4.78, 5) is 23.5. The van der Waals surface area contributed by atoms with Crippen molar-refractivity contribution in [2.24, 2.45) is 10.2 Å². The van der Waals surface area contributed by atoms with Gasteiger partial charge in [-0.25, -0.2) is 0 Å². The molecule has 4 N–H and O–H groups in total. The van der Waals surface area contributed by atoms with Crippen LogP contribution in [0.3, 0.4) is 0 Å². The summed E-state index contributed by atoms with van der Waals surface area (Å²) in [6.07, 6.45) is 0.134. The second kappa shape index (κ2) is 7.08. The molecule has 0 unspecified atom stereocenters. The first-order chi connectivity index (χ1) is 13.1. The maximum atomic E-state index is 12.2. The van der Waals surface area contributed by atoms with Crippen LogP contribution < -0.4 is 9.78 Å². The summed E-state index contributed by atoms with van der Waals surface area (Å²) in [5.74, 6) is -1.42. The summed E-state index contributed by atoms with van der Waals surface area (Å²) < 4.78 is 35.6. The van der Waals surface area contributed by atoms with Gasteiger partial charge in [-0.1, -0.05) is 0 Å². The van der Waals surface area contributed by atoms with E-state index in [9.17, 15) is 31.7 Å². The number of phenols is 2. The van der Waals surface area contributed by atoms with Crippen LogP contribution in [0, 0.1) is 6.92 Å². The van der Waals surface area contributed by atoms with Gasteiger partial charge in [0.2, 0.25) is 0 Å². The second-order valence-corrected chi connectivity index (χ2v) is 9.03. The van der Waals surface area contributed by atoms with Crippen LogP contribution in [0.1, 0.15) is 16.1 Å². The van der Waals surface area contributed by atoms with Gasteiger partial charge in [0.1, 0.15) is 0 Å². The van der Waals surface area contributed by atoms with Gasteiger partial charge in [-0.05, 0) is 0 Å². The molecule has 0 aliphatic heterocycles. The van der Waals surface area contributed by atoms with E-state index in [1.807, 2.05) is 0 Å². The number of benzene rings is 2. The molecule has 3 rings (SSSR count). The SMILES string of the molecule is Cc1cc(=O)c2c(O)c(C=O)c(O)c(N=Nc3ccccc3[As](=O)(O)O)c2o1. The molecule has 2 aromatic carbocycles. The molecule has 11 heteroatoms. The van der Waals surface area contributed by atoms with Gasteiger partial charge in [0, 0.05) is 0 Å². The first kappa shape index (κ1) is 19.6. The number of carbonyl (C=O) groups is 1. The minimum absolute atomic E-state index is 0.134. The van der Waals surface area contributed by atoms with Crippen LogP contribution in [-0.2, 0) is 3.74 Å². The molecule has 10 nitrogen and oxygen atoms in total. The van der Waals surface area contributed by atoms with E-state index in [1.165, 1.54) is 31.2 Å². The number of azo groups is 1. The molecule has 0 bridgehead atoms. The van der Waals surface area contributed by atoms with Gasteiger partial charge >= 0.3 is 159 Å². The fraction of sp³-hybridized carbons (Fsp3) is 0.0588. The van der Waals surface area contributed by atoms with Crippen molar-refractivity contribution in [3.63, 3.8) is 0 Å². The molecular formula is C17H13AsN2O8. The molecule has 0 saturated carbocycles. The molecule has 144 valence electrons. The Hall–Kier alpha value is -3.20. The number of aryl methyl sites for hydroxylation is 1. The summed E-state index contributed by atoms with van der Waals surface area (Å²) >= 11 is -5.32. The second-order valence-electron chi connectivity index (χ2n) is 5.74. The van der Waals surface area contributed by atoms with Crippen molar-refractivity contribution < 1.29 is 31.4 Å². The molecule has 0 atom stereocenters. The Morgan fingerprint density at radius 2 is 1.79 bits per heavy atom. The standard InChI is InChI=1S/C17H13AsN2O8/c1-8-6-12(22)13-15(23)9(7-21)16(24)14(17(13)28-8)20-19-11-5-3-2-4-10(11)18(25,26)27/h2-7,23-24H,1H3,(H2,25,26,27). The first-order valence-electron chi connectivity index (χ1n) is 7.69. The van der Waals surface area contributed by atoms with E-state index in [1.54, 1.807) is 0 Å². The number of aromatic hydroxyl groups is 2. The molecule has 0 radical (unpaired) electrons. The zero-order chi connectivity index (χ0) is 20.6. The number of aldehydes is 1. The van der Waals surface area contributed by atoms with Gasteiger partial charge in [-0.3, -0.25) is 0 Å². The molecule has 0 amide bonds. The Balaban J connectivity index is 2.34. The van der Waals surface area contributed by atoms with E-state index in [4.69, 9.17) is 4.42 Å². The fourth-order valence-corrected chi connectivity index (χ4v) is 4.05. The molecule has 3 aromatic rings. The maximum absolute atomic E-state index is 12.2. The summed E-state index contributed by atoms with van der Waals surface area (Å²) in [7, 11) is 0. The molecular weight excluding hydrogens is 435 g/mol. The molecule has 0 spiro atoms. The Morgan fingerprint density at radius 3 is 2.43 bits per heavy atom. The molecule has 0 saturated heterocycles. The Kier molecular flexibility index (Phi) is 4.95. The van der Waals surface area contributed by atoms with Gasteiger partial charge in [0.25, 0.3) is 0 Å². The number of carbonyl (C=O) groups excluding carboxylic acids is 1. The number of nitrogens with zero attached hydrogens (tertiary/aromatic N) is 2. The average Bonchev–Trinajstić information content (AvgIpc) is 2.60. The Morgan fingerprint density at radius 1 is 1.11 bits per heavy atom. The summed E-state index contributed by atoms with van der Waals surface area (Å²) in [5.41, 5.74) is -2.20. The molecule has 0 aliphatic rings. The zero-order valence-corrected chi connectivity index (χ0v) is 16.1. The van der Waals surface area contributed by atoms with E-state index < -0.39 is 42.4 Å². The van der Waals surface area contributed by atoms with Crippen LogP contribution in [0.15, 0.2) is 49.8 Å². The third-order valence-corrected chi connectivity index (χ3v) is 5.94. The summed E-state index contributed by atoms with van der Waals surface area (Å²) in [5, 5.41) is 27.6. The average molecular weight is 448 g/mol. The Labute approximate surface area is 159 Å². The monoisotopic (exact) mass is 448 g/mol. The first-order valence-corrected chi connectivity index (χ1v) is 11.1. The van der Waals surface area contributed by atoms with Crippen molar-refractivity contribution >= 4 is 47.2 Å². The van der Waals surface area contributed by atoms with Crippen molar-refractivity contribution in [1.29, 1.82) is 0 Å². The molecule has 0 aliphatic carbocycles. The van der Waals surface area contributed by atoms with Gasteiger partial charge < -0.3 is 0 Å². The van der Waals surface area contributed by atoms with E-state index >= 15 is 0 Å². The van der Waals surface area contributed by atoms with Crippen LogP contribution in [0.5, 0.6) is 11.5 Å². The predicted molar refractivity (Wildman–Crippen MR) is 97.1 cm³/mol. The van der Waals surface area contributed by atoms with Crippen molar-refractivity contribution in [2.75, 3.05) is 0 Å². The van der Waals surface area contributed by atoms with Crippen LogP contribution >= 0.6 is 0 Å². The quantitative estimate of drug-likeness (QED) is 0.263. The van der Waals surface area contributed by atoms with Crippen LogP contribution in [0.4, 0.5) is 11.4 Å². The van der Waals surface area contributed by atoms with E-state index in [0.717, 1.165) is 6.07 Å². The van der Waals surface area contributed by atoms with Gasteiger partial charge in [0.05, 0.1) is 0 Å². The van der Waals surface area contributed by atoms with Crippen molar-refractivity contribution in [3.05, 3.63) is 51.9 Å². The van der Waals surface area contributed by atoms with Gasteiger partial charge in [-0.2, -0.15) is 0 Å². The van der Waals surface area contributed by atoms with E-state index in [0.29, 0.717) is 0 Å². The minimum atomic E-state index is -5.32. The molecule has 0 fully saturated rings. The number of rotatable bonds is 4.